The molecule has 0 aliphatic rings. The van der Waals surface area contributed by atoms with Gasteiger partial charge in [0.1, 0.15) is 0 Å². The van der Waals surface area contributed by atoms with Gasteiger partial charge in [-0.2, -0.15) is 0 Å². The zero-order valence-electron chi connectivity index (χ0n) is 10.9. The average molecular weight is 248 g/mol. The van der Waals surface area contributed by atoms with E-state index in [1.54, 1.807) is 0 Å². The molecule has 0 aliphatic carbocycles. The predicted octanol–water partition coefficient (Wildman–Crippen LogP) is 3.35. The van der Waals surface area contributed by atoms with E-state index >= 15 is 0 Å². The van der Waals surface area contributed by atoms with Gasteiger partial charge < -0.3 is 10.1 Å². The molecule has 1 amide bonds. The summed E-state index contributed by atoms with van der Waals surface area (Å²) in [7, 11) is 0. The van der Waals surface area contributed by atoms with Crippen molar-refractivity contribution in [3.05, 3.63) is 42.8 Å². The standard InChI is InChI=1S/C15H22NO2/c1-2-3-12-16-15(17)18-13-8-7-11-14-9-5-4-6-10-14/h4-6,9-10H,1-3,7-8,11-13H2,(H,16,17). The minimum absolute atomic E-state index is 0.317. The number of hydrogen-bond donors (Lipinski definition) is 1. The molecule has 18 heavy (non-hydrogen) atoms. The molecule has 1 rings (SSSR count). The second-order valence-corrected chi connectivity index (χ2v) is 4.21. The van der Waals surface area contributed by atoms with Crippen molar-refractivity contribution in [1.29, 1.82) is 0 Å². The van der Waals surface area contributed by atoms with Crippen molar-refractivity contribution in [2.45, 2.75) is 32.1 Å². The molecular formula is C15H22NO2. The third-order valence-corrected chi connectivity index (χ3v) is 2.63. The van der Waals surface area contributed by atoms with Crippen LogP contribution in [0, 0.1) is 6.92 Å². The fourth-order valence-electron chi connectivity index (χ4n) is 1.61. The van der Waals surface area contributed by atoms with Gasteiger partial charge in [0, 0.05) is 6.54 Å². The smallest absolute Gasteiger partial charge is 0.407 e. The van der Waals surface area contributed by atoms with Crippen LogP contribution in [0.3, 0.4) is 0 Å². The summed E-state index contributed by atoms with van der Waals surface area (Å²) in [6.45, 7) is 4.84. The lowest BCUT2D eigenvalue weighted by Crippen LogP contribution is -2.25. The highest BCUT2D eigenvalue weighted by molar-refractivity contribution is 5.66. The number of unbranched alkanes of at least 4 members (excludes halogenated alkanes) is 2. The molecule has 0 aromatic heterocycles. The second-order valence-electron chi connectivity index (χ2n) is 4.21. The zero-order valence-corrected chi connectivity index (χ0v) is 10.9. The molecule has 1 N–H and O–H groups in total. The molecule has 0 bridgehead atoms. The SMILES string of the molecule is [CH2]CCCNC(=O)OCCCCc1ccccc1. The number of hydrogen-bond acceptors (Lipinski definition) is 2. The van der Waals surface area contributed by atoms with Crippen molar-refractivity contribution in [1.82, 2.24) is 5.32 Å². The summed E-state index contributed by atoms with van der Waals surface area (Å²) in [6, 6.07) is 10.3. The lowest BCUT2D eigenvalue weighted by Gasteiger charge is -2.06. The van der Waals surface area contributed by atoms with Crippen LogP contribution < -0.4 is 5.32 Å². The quantitative estimate of drug-likeness (QED) is 0.716. The van der Waals surface area contributed by atoms with Crippen molar-refractivity contribution in [2.75, 3.05) is 13.2 Å². The van der Waals surface area contributed by atoms with Gasteiger partial charge in [-0.1, -0.05) is 43.7 Å². The number of rotatable bonds is 8. The van der Waals surface area contributed by atoms with Crippen molar-refractivity contribution >= 4 is 6.09 Å². The molecular weight excluding hydrogens is 226 g/mol. The van der Waals surface area contributed by atoms with Gasteiger partial charge >= 0.3 is 6.09 Å². The minimum atomic E-state index is -0.317. The highest BCUT2D eigenvalue weighted by Crippen LogP contribution is 2.04. The minimum Gasteiger partial charge on any atom is -0.450 e. The summed E-state index contributed by atoms with van der Waals surface area (Å²) < 4.78 is 5.06. The number of benzene rings is 1. The lowest BCUT2D eigenvalue weighted by atomic mass is 10.1. The lowest BCUT2D eigenvalue weighted by molar-refractivity contribution is 0.144. The van der Waals surface area contributed by atoms with E-state index in [-0.39, 0.29) is 6.09 Å². The molecule has 1 radical (unpaired) electrons. The Morgan fingerprint density at radius 3 is 2.67 bits per heavy atom. The van der Waals surface area contributed by atoms with Crippen molar-refractivity contribution < 1.29 is 9.53 Å². The van der Waals surface area contributed by atoms with Crippen LogP contribution in [0.1, 0.15) is 31.2 Å². The number of aryl methyl sites for hydroxylation is 1. The zero-order chi connectivity index (χ0) is 13.1. The fourth-order valence-corrected chi connectivity index (χ4v) is 1.61. The molecule has 0 saturated carbocycles. The number of amides is 1. The van der Waals surface area contributed by atoms with Crippen molar-refractivity contribution in [2.24, 2.45) is 0 Å². The van der Waals surface area contributed by atoms with E-state index in [9.17, 15) is 4.79 Å². The number of alkyl carbamates (subject to hydrolysis) is 1. The summed E-state index contributed by atoms with van der Waals surface area (Å²) in [5, 5.41) is 2.69. The Balaban J connectivity index is 1.97. The Hall–Kier alpha value is -1.51. The van der Waals surface area contributed by atoms with E-state index in [1.807, 2.05) is 18.2 Å². The van der Waals surface area contributed by atoms with Gasteiger partial charge in [-0.25, -0.2) is 4.79 Å². The average Bonchev–Trinajstić information content (AvgIpc) is 2.40. The Morgan fingerprint density at radius 1 is 1.17 bits per heavy atom. The van der Waals surface area contributed by atoms with Crippen molar-refractivity contribution in [3.8, 4) is 0 Å². The summed E-state index contributed by atoms with van der Waals surface area (Å²) >= 11 is 0. The first-order chi connectivity index (χ1) is 8.83. The Morgan fingerprint density at radius 2 is 1.94 bits per heavy atom. The van der Waals surface area contributed by atoms with Gasteiger partial charge in [0.15, 0.2) is 0 Å². The van der Waals surface area contributed by atoms with E-state index in [1.165, 1.54) is 5.56 Å². The van der Waals surface area contributed by atoms with Crippen molar-refractivity contribution in [3.63, 3.8) is 0 Å². The van der Waals surface area contributed by atoms with Crippen LogP contribution in [0.5, 0.6) is 0 Å². The largest absolute Gasteiger partial charge is 0.450 e. The Bertz CT molecular complexity index is 325. The summed E-state index contributed by atoms with van der Waals surface area (Å²) in [6.07, 6.45) is 4.38. The topological polar surface area (TPSA) is 38.3 Å². The normalized spacial score (nSPS) is 10.1. The number of carbonyl (C=O) groups excluding carboxylic acids is 1. The Labute approximate surface area is 110 Å². The number of carbonyl (C=O) groups is 1. The Kier molecular flexibility index (Phi) is 7.69. The molecule has 3 heteroatoms. The van der Waals surface area contributed by atoms with Gasteiger partial charge in [-0.05, 0) is 31.2 Å². The molecule has 0 atom stereocenters. The summed E-state index contributed by atoms with van der Waals surface area (Å²) in [5.41, 5.74) is 1.33. The van der Waals surface area contributed by atoms with Crippen LogP contribution in [0.25, 0.3) is 0 Å². The van der Waals surface area contributed by atoms with Gasteiger partial charge in [0.25, 0.3) is 0 Å². The van der Waals surface area contributed by atoms with Gasteiger partial charge in [-0.3, -0.25) is 0 Å². The van der Waals surface area contributed by atoms with E-state index < -0.39 is 0 Å². The molecule has 0 spiro atoms. The second kappa shape index (κ2) is 9.51. The van der Waals surface area contributed by atoms with E-state index in [2.05, 4.69) is 24.4 Å². The van der Waals surface area contributed by atoms with E-state index in [0.29, 0.717) is 13.2 Å². The number of nitrogens with one attached hydrogen (secondary N) is 1. The molecule has 0 heterocycles. The molecule has 0 aliphatic heterocycles. The third-order valence-electron chi connectivity index (χ3n) is 2.63. The summed E-state index contributed by atoms with van der Waals surface area (Å²) in [5.74, 6) is 0. The maximum absolute atomic E-state index is 11.2. The highest BCUT2D eigenvalue weighted by atomic mass is 16.5. The van der Waals surface area contributed by atoms with Crippen LogP contribution in [0.15, 0.2) is 30.3 Å². The molecule has 0 unspecified atom stereocenters. The van der Waals surface area contributed by atoms with Crippen LogP contribution in [-0.4, -0.2) is 19.2 Å². The van der Waals surface area contributed by atoms with Crippen LogP contribution >= 0.6 is 0 Å². The molecule has 1 aromatic rings. The molecule has 0 fully saturated rings. The highest BCUT2D eigenvalue weighted by Gasteiger charge is 2.00. The van der Waals surface area contributed by atoms with Crippen LogP contribution in [-0.2, 0) is 11.2 Å². The molecule has 1 aromatic carbocycles. The van der Waals surface area contributed by atoms with Gasteiger partial charge in [0.05, 0.1) is 6.61 Å². The predicted molar refractivity (Wildman–Crippen MR) is 73.3 cm³/mol. The molecule has 3 nitrogen and oxygen atoms in total. The van der Waals surface area contributed by atoms with E-state index in [4.69, 9.17) is 4.74 Å². The van der Waals surface area contributed by atoms with Crippen LogP contribution in [0.4, 0.5) is 4.79 Å². The maximum Gasteiger partial charge on any atom is 0.407 e. The first-order valence-electron chi connectivity index (χ1n) is 6.56. The summed E-state index contributed by atoms with van der Waals surface area (Å²) in [4.78, 5) is 11.2. The molecule has 99 valence electrons. The monoisotopic (exact) mass is 248 g/mol. The fraction of sp³-hybridized carbons (Fsp3) is 0.467. The van der Waals surface area contributed by atoms with E-state index in [0.717, 1.165) is 32.1 Å². The van der Waals surface area contributed by atoms with Crippen LogP contribution in [0.2, 0.25) is 0 Å². The van der Waals surface area contributed by atoms with Gasteiger partial charge in [0.2, 0.25) is 0 Å². The molecule has 0 saturated heterocycles. The van der Waals surface area contributed by atoms with Gasteiger partial charge in [-0.15, -0.1) is 0 Å². The number of ether oxygens (including phenoxy) is 1. The first-order valence-corrected chi connectivity index (χ1v) is 6.56. The maximum atomic E-state index is 11.2. The first kappa shape index (κ1) is 14.6. The third kappa shape index (κ3) is 6.94.